The fourth-order valence-corrected chi connectivity index (χ4v) is 3.92. The molecule has 3 unspecified atom stereocenters. The summed E-state index contributed by atoms with van der Waals surface area (Å²) < 4.78 is 0. The molecule has 2 N–H and O–H groups in total. The molecule has 0 radical (unpaired) electrons. The van der Waals surface area contributed by atoms with Crippen molar-refractivity contribution in [3.05, 3.63) is 34.7 Å². The monoisotopic (exact) mass is 228 g/mol. The predicted molar refractivity (Wildman–Crippen MR) is 65.6 cm³/mol. The van der Waals surface area contributed by atoms with E-state index in [-0.39, 0.29) is 11.8 Å². The normalized spacial score (nSPS) is 38.1. The van der Waals surface area contributed by atoms with Crippen LogP contribution in [0.15, 0.2) is 24.3 Å². The summed E-state index contributed by atoms with van der Waals surface area (Å²) >= 11 is 0. The van der Waals surface area contributed by atoms with Crippen molar-refractivity contribution in [2.75, 3.05) is 0 Å². The molecule has 2 heteroatoms. The zero-order valence-electron chi connectivity index (χ0n) is 9.63. The molecule has 0 aliphatic heterocycles. The number of hydrogen-bond donors (Lipinski definition) is 2. The Balaban J connectivity index is 2.02. The van der Waals surface area contributed by atoms with E-state index in [9.17, 15) is 10.2 Å². The van der Waals surface area contributed by atoms with E-state index < -0.39 is 0 Å². The topological polar surface area (TPSA) is 40.5 Å². The lowest BCUT2D eigenvalue weighted by atomic mass is 9.73. The molecule has 1 aromatic rings. The first-order valence-corrected chi connectivity index (χ1v) is 6.48. The number of rotatable bonds is 0. The van der Waals surface area contributed by atoms with Gasteiger partial charge in [0.25, 0.3) is 0 Å². The first-order chi connectivity index (χ1) is 8.27. The minimum Gasteiger partial charge on any atom is -0.511 e. The van der Waals surface area contributed by atoms with Crippen molar-refractivity contribution in [3.8, 4) is 0 Å². The molecule has 17 heavy (non-hydrogen) atoms. The van der Waals surface area contributed by atoms with Crippen molar-refractivity contribution in [1.29, 1.82) is 0 Å². The highest BCUT2D eigenvalue weighted by Crippen LogP contribution is 2.58. The number of benzene rings is 1. The van der Waals surface area contributed by atoms with Crippen LogP contribution < -0.4 is 10.4 Å². The van der Waals surface area contributed by atoms with Gasteiger partial charge in [-0.25, -0.2) is 0 Å². The minimum atomic E-state index is 0.161. The van der Waals surface area contributed by atoms with Crippen molar-refractivity contribution in [1.82, 2.24) is 0 Å². The van der Waals surface area contributed by atoms with Crippen LogP contribution >= 0.6 is 0 Å². The fraction of sp³-hybridized carbons (Fsp3) is 0.467. The van der Waals surface area contributed by atoms with Gasteiger partial charge in [0.2, 0.25) is 0 Å². The van der Waals surface area contributed by atoms with E-state index in [0.717, 1.165) is 22.8 Å². The lowest BCUT2D eigenvalue weighted by Crippen LogP contribution is -2.42. The molecule has 0 bridgehead atoms. The van der Waals surface area contributed by atoms with Gasteiger partial charge in [0.05, 0.1) is 0 Å². The predicted octanol–water partition coefficient (Wildman–Crippen LogP) is 1.69. The van der Waals surface area contributed by atoms with Crippen molar-refractivity contribution in [2.24, 2.45) is 23.7 Å². The number of aliphatic hydroxyl groups is 2. The second-order valence-electron chi connectivity index (χ2n) is 5.69. The van der Waals surface area contributed by atoms with E-state index in [1.165, 1.54) is 12.8 Å². The molecule has 1 aromatic carbocycles. The van der Waals surface area contributed by atoms with Gasteiger partial charge >= 0.3 is 0 Å². The van der Waals surface area contributed by atoms with Gasteiger partial charge in [-0.3, -0.25) is 0 Å². The third kappa shape index (κ3) is 1.16. The van der Waals surface area contributed by atoms with Crippen LogP contribution in [0.4, 0.5) is 0 Å². The highest BCUT2D eigenvalue weighted by Gasteiger charge is 2.52. The summed E-state index contributed by atoms with van der Waals surface area (Å²) in [4.78, 5) is 0. The summed E-state index contributed by atoms with van der Waals surface area (Å²) in [7, 11) is 0. The van der Waals surface area contributed by atoms with Gasteiger partial charge < -0.3 is 10.2 Å². The summed E-state index contributed by atoms with van der Waals surface area (Å²) in [6, 6.07) is 7.68. The molecule has 0 heterocycles. The van der Waals surface area contributed by atoms with E-state index in [1.807, 2.05) is 24.3 Å². The Labute approximate surface area is 99.9 Å². The Morgan fingerprint density at radius 1 is 0.941 bits per heavy atom. The third-order valence-electron chi connectivity index (χ3n) is 4.87. The molecule has 2 saturated carbocycles. The maximum atomic E-state index is 10.5. The van der Waals surface area contributed by atoms with Crippen LogP contribution in [0.3, 0.4) is 0 Å². The van der Waals surface area contributed by atoms with Crippen LogP contribution in [0.5, 0.6) is 0 Å². The van der Waals surface area contributed by atoms with Gasteiger partial charge in [0.1, 0.15) is 11.5 Å². The van der Waals surface area contributed by atoms with Gasteiger partial charge in [-0.05, 0) is 31.1 Å². The Hall–Kier alpha value is -1.44. The van der Waals surface area contributed by atoms with Crippen molar-refractivity contribution < 1.29 is 10.2 Å². The SMILES string of the molecule is OC1=c2ccccc2=C(O)C2C1CCC1C[C@@H]12. The maximum absolute atomic E-state index is 10.5. The highest BCUT2D eigenvalue weighted by atomic mass is 16.3. The Bertz CT molecular complexity index is 602. The average molecular weight is 228 g/mol. The average Bonchev–Trinajstić information content (AvgIpc) is 3.14. The summed E-state index contributed by atoms with van der Waals surface area (Å²) in [6.45, 7) is 0. The van der Waals surface area contributed by atoms with E-state index in [2.05, 4.69) is 0 Å². The molecule has 4 atom stereocenters. The van der Waals surface area contributed by atoms with E-state index in [0.29, 0.717) is 17.4 Å². The summed E-state index contributed by atoms with van der Waals surface area (Å²) in [5.74, 6) is 2.79. The molecule has 2 fully saturated rings. The largest absolute Gasteiger partial charge is 0.511 e. The van der Waals surface area contributed by atoms with Gasteiger partial charge in [-0.15, -0.1) is 0 Å². The van der Waals surface area contributed by atoms with Crippen molar-refractivity contribution in [3.63, 3.8) is 0 Å². The molecule has 3 aliphatic rings. The maximum Gasteiger partial charge on any atom is 0.104 e. The Kier molecular flexibility index (Phi) is 1.73. The van der Waals surface area contributed by atoms with Crippen LogP contribution in [-0.2, 0) is 0 Å². The van der Waals surface area contributed by atoms with Gasteiger partial charge in [0, 0.05) is 22.3 Å². The molecule has 4 rings (SSSR count). The molecular formula is C15H16O2. The van der Waals surface area contributed by atoms with Crippen molar-refractivity contribution >= 4 is 11.5 Å². The molecule has 0 amide bonds. The lowest BCUT2D eigenvalue weighted by molar-refractivity contribution is 0.240. The second kappa shape index (κ2) is 3.06. The number of fused-ring (bicyclic) bond motifs is 4. The summed E-state index contributed by atoms with van der Waals surface area (Å²) in [6.07, 6.45) is 3.47. The molecule has 0 aromatic heterocycles. The van der Waals surface area contributed by atoms with Gasteiger partial charge in [-0.1, -0.05) is 24.3 Å². The zero-order valence-corrected chi connectivity index (χ0v) is 9.63. The van der Waals surface area contributed by atoms with Crippen LogP contribution in [-0.4, -0.2) is 10.2 Å². The minimum absolute atomic E-state index is 0.161. The van der Waals surface area contributed by atoms with E-state index >= 15 is 0 Å². The summed E-state index contributed by atoms with van der Waals surface area (Å²) in [5.41, 5.74) is 0. The van der Waals surface area contributed by atoms with Gasteiger partial charge in [-0.2, -0.15) is 0 Å². The smallest absolute Gasteiger partial charge is 0.104 e. The van der Waals surface area contributed by atoms with Crippen molar-refractivity contribution in [2.45, 2.75) is 19.3 Å². The second-order valence-corrected chi connectivity index (χ2v) is 5.69. The molecule has 88 valence electrons. The van der Waals surface area contributed by atoms with E-state index in [1.54, 1.807) is 0 Å². The Morgan fingerprint density at radius 2 is 1.65 bits per heavy atom. The van der Waals surface area contributed by atoms with Crippen LogP contribution in [0, 0.1) is 23.7 Å². The molecule has 0 spiro atoms. The fourth-order valence-electron chi connectivity index (χ4n) is 3.92. The summed E-state index contributed by atoms with van der Waals surface area (Å²) in [5, 5.41) is 22.6. The lowest BCUT2D eigenvalue weighted by Gasteiger charge is -2.33. The molecule has 3 aliphatic carbocycles. The van der Waals surface area contributed by atoms with E-state index in [4.69, 9.17) is 0 Å². The highest BCUT2D eigenvalue weighted by molar-refractivity contribution is 5.55. The standard InChI is InChI=1S/C15H16O2/c16-14-9-3-1-2-4-10(9)15(17)13-11(14)6-5-8-7-12(8)13/h1-4,8,11-13,16-17H,5-7H2/t8?,11?,12-,13?/m0/s1. The molecular weight excluding hydrogens is 212 g/mol. The van der Waals surface area contributed by atoms with Crippen LogP contribution in [0.1, 0.15) is 19.3 Å². The van der Waals surface area contributed by atoms with Gasteiger partial charge in [0.15, 0.2) is 0 Å². The van der Waals surface area contributed by atoms with Crippen LogP contribution in [0.25, 0.3) is 11.5 Å². The molecule has 2 nitrogen and oxygen atoms in total. The first kappa shape index (κ1) is 9.58. The molecule has 0 saturated heterocycles. The number of aliphatic hydroxyl groups excluding tert-OH is 2. The number of hydrogen-bond acceptors (Lipinski definition) is 2. The van der Waals surface area contributed by atoms with Crippen LogP contribution in [0.2, 0.25) is 0 Å². The zero-order chi connectivity index (χ0) is 11.6. The Morgan fingerprint density at radius 3 is 2.41 bits per heavy atom. The first-order valence-electron chi connectivity index (χ1n) is 6.48. The quantitative estimate of drug-likeness (QED) is 0.709. The third-order valence-corrected chi connectivity index (χ3v) is 4.87.